The number of carboxylic acids is 1. The Morgan fingerprint density at radius 1 is 1.56 bits per heavy atom. The monoisotopic (exact) mass is 146 g/mol. The van der Waals surface area contributed by atoms with Gasteiger partial charge in [0.25, 0.3) is 0 Å². The maximum Gasteiger partial charge on any atom is 0.373 e. The second kappa shape index (κ2) is 6.98. The second-order valence-corrected chi connectivity index (χ2v) is 1.20. The van der Waals surface area contributed by atoms with Gasteiger partial charge in [0, 0.05) is 0 Å². The van der Waals surface area contributed by atoms with Crippen LogP contribution >= 0.6 is 12.6 Å². The van der Waals surface area contributed by atoms with Gasteiger partial charge in [0.05, 0.1) is 5.75 Å². The molecule has 0 atom stereocenters. The molecule has 5 heteroatoms. The van der Waals surface area contributed by atoms with Crippen LogP contribution in [0.2, 0.25) is 0 Å². The first kappa shape index (κ1) is 10.9. The number of ketones is 1. The van der Waals surface area contributed by atoms with Crippen molar-refractivity contribution in [3.05, 3.63) is 6.57 Å². The minimum Gasteiger partial charge on any atom is -0.512 e. The van der Waals surface area contributed by atoms with Gasteiger partial charge >= 0.3 is 5.97 Å². The fraction of sp³-hybridized carbons (Fsp3) is 0.250. The molecule has 0 aliphatic rings. The molecule has 0 aromatic carbocycles. The number of aliphatic carboxylic acids is 1. The summed E-state index contributed by atoms with van der Waals surface area (Å²) in [4.78, 5) is 19.4. The number of hydrogen-bond acceptors (Lipinski definition) is 4. The Labute approximate surface area is 57.5 Å². The Hall–Kier alpha value is -1.02. The van der Waals surface area contributed by atoms with Crippen LogP contribution in [0.4, 0.5) is 0 Å². The molecule has 50 valence electrons. The quantitative estimate of drug-likeness (QED) is 0.317. The minimum atomic E-state index is -1.42. The predicted octanol–water partition coefficient (Wildman–Crippen LogP) is -0.334. The lowest BCUT2D eigenvalue weighted by Gasteiger charge is -1.80. The van der Waals surface area contributed by atoms with Crippen molar-refractivity contribution < 1.29 is 14.7 Å². The van der Waals surface area contributed by atoms with Crippen LogP contribution in [-0.2, 0) is 9.59 Å². The first-order chi connectivity index (χ1) is 4.18. The Bertz CT molecular complexity index is 131. The Kier molecular flexibility index (Phi) is 8.43. The molecular formula is C4H4NO3S-. The Balaban J connectivity index is 0. The van der Waals surface area contributed by atoms with Gasteiger partial charge in [-0.25, -0.2) is 4.79 Å². The van der Waals surface area contributed by atoms with E-state index in [1.807, 2.05) is 0 Å². The van der Waals surface area contributed by atoms with Crippen molar-refractivity contribution in [2.24, 2.45) is 0 Å². The molecule has 0 aromatic rings. The van der Waals surface area contributed by atoms with Crippen LogP contribution in [0.15, 0.2) is 0 Å². The molecular weight excluding hydrogens is 142 g/mol. The lowest BCUT2D eigenvalue weighted by Crippen LogP contribution is -2.12. The highest BCUT2D eigenvalue weighted by Gasteiger charge is 2.05. The van der Waals surface area contributed by atoms with Crippen molar-refractivity contribution >= 4 is 24.4 Å². The van der Waals surface area contributed by atoms with E-state index in [0.717, 1.165) is 0 Å². The van der Waals surface area contributed by atoms with Crippen LogP contribution in [-0.4, -0.2) is 22.6 Å². The van der Waals surface area contributed by atoms with Crippen molar-refractivity contribution in [1.29, 1.82) is 5.26 Å². The molecule has 4 nitrogen and oxygen atoms in total. The van der Waals surface area contributed by atoms with Crippen molar-refractivity contribution in [2.45, 2.75) is 0 Å². The van der Waals surface area contributed by atoms with Crippen LogP contribution < -0.4 is 0 Å². The number of carboxylic acid groups (broad SMARTS) is 1. The molecule has 1 N–H and O–H groups in total. The van der Waals surface area contributed by atoms with E-state index in [4.69, 9.17) is 16.9 Å². The first-order valence-electron chi connectivity index (χ1n) is 1.78. The second-order valence-electron chi connectivity index (χ2n) is 0.886. The highest BCUT2D eigenvalue weighted by atomic mass is 32.1. The van der Waals surface area contributed by atoms with Gasteiger partial charge in [-0.05, 0) is 0 Å². The summed E-state index contributed by atoms with van der Waals surface area (Å²) in [7, 11) is 0. The molecule has 0 heterocycles. The predicted molar refractivity (Wildman–Crippen MR) is 31.5 cm³/mol. The molecule has 0 bridgehead atoms. The molecule has 0 rings (SSSR count). The smallest absolute Gasteiger partial charge is 0.373 e. The van der Waals surface area contributed by atoms with Gasteiger partial charge in [-0.3, -0.25) is 4.79 Å². The molecule has 0 saturated heterocycles. The fourth-order valence-corrected chi connectivity index (χ4v) is 0.203. The zero-order valence-electron chi connectivity index (χ0n) is 4.37. The summed E-state index contributed by atoms with van der Waals surface area (Å²) in [5, 5.41) is 14.0. The van der Waals surface area contributed by atoms with Gasteiger partial charge in [0.2, 0.25) is 5.78 Å². The summed E-state index contributed by atoms with van der Waals surface area (Å²) >= 11 is 3.42. The third-order valence-corrected chi connectivity index (χ3v) is 0.669. The van der Waals surface area contributed by atoms with Crippen LogP contribution in [0.25, 0.3) is 0 Å². The van der Waals surface area contributed by atoms with Gasteiger partial charge in [-0.1, -0.05) is 0 Å². The van der Waals surface area contributed by atoms with Gasteiger partial charge < -0.3 is 16.9 Å². The first-order valence-corrected chi connectivity index (χ1v) is 2.41. The molecule has 0 saturated carbocycles. The van der Waals surface area contributed by atoms with Crippen LogP contribution in [0, 0.1) is 11.8 Å². The SMILES string of the molecule is O=C(O)C(=O)CS.[C-]#N. The molecule has 0 amide bonds. The lowest BCUT2D eigenvalue weighted by atomic mass is 10.5. The van der Waals surface area contributed by atoms with E-state index in [2.05, 4.69) is 12.6 Å². The number of carbonyl (C=O) groups excluding carboxylic acids is 1. The van der Waals surface area contributed by atoms with Gasteiger partial charge in [-0.15, -0.1) is 0 Å². The summed E-state index contributed by atoms with van der Waals surface area (Å²) in [5.41, 5.74) is 0. The lowest BCUT2D eigenvalue weighted by molar-refractivity contribution is -0.147. The molecule has 0 unspecified atom stereocenters. The summed E-state index contributed by atoms with van der Waals surface area (Å²) in [6.45, 7) is 4.75. The van der Waals surface area contributed by atoms with Gasteiger partial charge in [0.15, 0.2) is 0 Å². The van der Waals surface area contributed by atoms with E-state index < -0.39 is 11.8 Å². The minimum absolute atomic E-state index is 0.227. The highest BCUT2D eigenvalue weighted by molar-refractivity contribution is 7.81. The van der Waals surface area contributed by atoms with E-state index in [9.17, 15) is 9.59 Å². The maximum absolute atomic E-state index is 9.84. The summed E-state index contributed by atoms with van der Waals surface area (Å²) < 4.78 is 0. The largest absolute Gasteiger partial charge is 0.512 e. The molecule has 0 aliphatic carbocycles. The fourth-order valence-electron chi connectivity index (χ4n) is 0.0676. The summed E-state index contributed by atoms with van der Waals surface area (Å²) in [6.07, 6.45) is 0. The van der Waals surface area contributed by atoms with Crippen molar-refractivity contribution in [2.75, 3.05) is 5.75 Å². The summed E-state index contributed by atoms with van der Waals surface area (Å²) in [5.74, 6) is -2.52. The zero-order chi connectivity index (χ0) is 7.86. The third kappa shape index (κ3) is 6.98. The number of nitrogens with zero attached hydrogens (tertiary/aromatic N) is 1. The number of rotatable bonds is 2. The van der Waals surface area contributed by atoms with Crippen molar-refractivity contribution in [1.82, 2.24) is 0 Å². The van der Waals surface area contributed by atoms with Crippen LogP contribution in [0.1, 0.15) is 0 Å². The average molecular weight is 146 g/mol. The summed E-state index contributed by atoms with van der Waals surface area (Å²) in [6, 6.07) is 0. The van der Waals surface area contributed by atoms with Gasteiger partial charge in [0.1, 0.15) is 0 Å². The topological polar surface area (TPSA) is 78.2 Å². The number of Topliss-reactive ketones (excluding diaryl/α,β-unsaturated/α-hetero) is 1. The van der Waals surface area contributed by atoms with Crippen LogP contribution in [0.3, 0.4) is 0 Å². The molecule has 0 spiro atoms. The van der Waals surface area contributed by atoms with E-state index in [-0.39, 0.29) is 5.75 Å². The molecule has 0 aliphatic heterocycles. The van der Waals surface area contributed by atoms with Gasteiger partial charge in [-0.2, -0.15) is 12.6 Å². The number of hydrogen-bond donors (Lipinski definition) is 2. The van der Waals surface area contributed by atoms with E-state index >= 15 is 0 Å². The van der Waals surface area contributed by atoms with Crippen LogP contribution in [0.5, 0.6) is 0 Å². The van der Waals surface area contributed by atoms with E-state index in [0.29, 0.717) is 0 Å². The van der Waals surface area contributed by atoms with E-state index in [1.165, 1.54) is 0 Å². The van der Waals surface area contributed by atoms with Crippen molar-refractivity contribution in [3.63, 3.8) is 0 Å². The van der Waals surface area contributed by atoms with Crippen molar-refractivity contribution in [3.8, 4) is 0 Å². The Morgan fingerprint density at radius 2 is 1.89 bits per heavy atom. The molecule has 9 heavy (non-hydrogen) atoms. The normalized spacial score (nSPS) is 6.56. The molecule has 0 radical (unpaired) electrons. The average Bonchev–Trinajstić information content (AvgIpc) is 1.91. The maximum atomic E-state index is 9.84. The third-order valence-electron chi connectivity index (χ3n) is 0.382. The Morgan fingerprint density at radius 3 is 1.89 bits per heavy atom. The number of carbonyl (C=O) groups is 2. The standard InChI is InChI=1S/C3H4O3S.CN/c4-2(1-7)3(5)6;1-2/h7H,1H2,(H,5,6);/q;-1. The zero-order valence-corrected chi connectivity index (χ0v) is 5.26. The number of thiol groups is 1. The highest BCUT2D eigenvalue weighted by Crippen LogP contribution is 1.75. The molecule has 0 fully saturated rings. The molecule has 0 aromatic heterocycles. The van der Waals surface area contributed by atoms with E-state index in [1.54, 1.807) is 0 Å².